The zero-order chi connectivity index (χ0) is 13.5. The summed E-state index contributed by atoms with van der Waals surface area (Å²) in [4.78, 5) is 0. The molecule has 0 atom stereocenters. The van der Waals surface area contributed by atoms with Gasteiger partial charge in [0.25, 0.3) is 0 Å². The molecule has 0 amide bonds. The maximum Gasteiger partial charge on any atom is 0.0752 e. The minimum atomic E-state index is 0.760. The molecule has 2 heteroatoms. The Bertz CT molecular complexity index is 148. The molecule has 0 bridgehead atoms. The maximum atomic E-state index is 10.1. The first-order valence-electron chi connectivity index (χ1n) is 8.21. The summed E-state index contributed by atoms with van der Waals surface area (Å²) in [6.45, 7) is 5.39. The van der Waals surface area contributed by atoms with Gasteiger partial charge in [0.15, 0.2) is 0 Å². The Hall–Kier alpha value is -0.0800. The Morgan fingerprint density at radius 1 is 0.667 bits per heavy atom. The van der Waals surface area contributed by atoms with Gasteiger partial charge in [0.2, 0.25) is 0 Å². The van der Waals surface area contributed by atoms with E-state index in [0.29, 0.717) is 0 Å². The van der Waals surface area contributed by atoms with Crippen molar-refractivity contribution in [3.8, 4) is 0 Å². The van der Waals surface area contributed by atoms with E-state index in [4.69, 9.17) is 0 Å². The summed E-state index contributed by atoms with van der Waals surface area (Å²) >= 11 is 0. The number of rotatable bonds is 14. The zero-order valence-electron chi connectivity index (χ0n) is 12.8. The lowest BCUT2D eigenvalue weighted by Crippen LogP contribution is -2.77. The molecule has 0 saturated carbocycles. The van der Waals surface area contributed by atoms with Gasteiger partial charge in [0.1, 0.15) is 0 Å². The topological polar surface area (TPSA) is 39.7 Å². The lowest BCUT2D eigenvalue weighted by Gasteiger charge is -2.05. The number of unbranched alkanes of at least 4 members (excludes halogenated alkanes) is 10. The van der Waals surface area contributed by atoms with E-state index in [2.05, 4.69) is 13.8 Å². The van der Waals surface area contributed by atoms with Gasteiger partial charge < -0.3 is 10.7 Å². The highest BCUT2D eigenvalue weighted by molar-refractivity contribution is 4.50. The normalized spacial score (nSPS) is 11.3. The van der Waals surface area contributed by atoms with Gasteiger partial charge in [-0.15, -0.1) is 0 Å². The van der Waals surface area contributed by atoms with Crippen LogP contribution in [-0.2, 0) is 0 Å². The fraction of sp³-hybridized carbons (Fsp3) is 1.00. The van der Waals surface area contributed by atoms with E-state index in [9.17, 15) is 5.21 Å². The quantitative estimate of drug-likeness (QED) is 0.364. The van der Waals surface area contributed by atoms with E-state index >= 15 is 0 Å². The summed E-state index contributed by atoms with van der Waals surface area (Å²) in [5, 5.41) is 10.1. The van der Waals surface area contributed by atoms with Crippen molar-refractivity contribution in [3.63, 3.8) is 0 Å². The number of hydrogen-bond donors (Lipinski definition) is 1. The number of hydroxylamine groups is 1. The first-order chi connectivity index (χ1) is 8.77. The van der Waals surface area contributed by atoms with E-state index in [1.54, 1.807) is 0 Å². The third-order valence-corrected chi connectivity index (χ3v) is 3.60. The van der Waals surface area contributed by atoms with Crippen molar-refractivity contribution in [2.75, 3.05) is 6.54 Å². The van der Waals surface area contributed by atoms with Gasteiger partial charge in [-0.05, 0) is 18.8 Å². The second-order valence-corrected chi connectivity index (χ2v) is 6.03. The van der Waals surface area contributed by atoms with Crippen molar-refractivity contribution in [3.05, 3.63) is 5.21 Å². The fourth-order valence-electron chi connectivity index (χ4n) is 2.37. The summed E-state index contributed by atoms with van der Waals surface area (Å²) in [6, 6.07) is 0. The average Bonchev–Trinajstić information content (AvgIpc) is 2.34. The summed E-state index contributed by atoms with van der Waals surface area (Å²) in [5.41, 5.74) is 1.04. The van der Waals surface area contributed by atoms with Gasteiger partial charge >= 0.3 is 0 Å². The van der Waals surface area contributed by atoms with E-state index in [0.717, 1.165) is 24.4 Å². The molecule has 0 saturated heterocycles. The molecule has 0 fully saturated rings. The third kappa shape index (κ3) is 15.9. The summed E-state index contributed by atoms with van der Waals surface area (Å²) in [6.07, 6.45) is 16.4. The highest BCUT2D eigenvalue weighted by Gasteiger charge is 1.95. The molecule has 18 heavy (non-hydrogen) atoms. The van der Waals surface area contributed by atoms with Crippen LogP contribution in [0.3, 0.4) is 0 Å². The Labute approximate surface area is 115 Å². The summed E-state index contributed by atoms with van der Waals surface area (Å²) < 4.78 is 0. The Morgan fingerprint density at radius 3 is 1.44 bits per heavy atom. The number of hydrogen-bond acceptors (Lipinski definition) is 1. The maximum absolute atomic E-state index is 10.1. The van der Waals surface area contributed by atoms with E-state index in [-0.39, 0.29) is 0 Å². The molecule has 0 aromatic rings. The monoisotopic (exact) mass is 257 g/mol. The van der Waals surface area contributed by atoms with Crippen molar-refractivity contribution < 1.29 is 5.48 Å². The van der Waals surface area contributed by atoms with Crippen molar-refractivity contribution in [2.45, 2.75) is 90.9 Å². The Kier molecular flexibility index (Phi) is 14.9. The predicted octanol–water partition coefficient (Wildman–Crippen LogP) is 4.38. The van der Waals surface area contributed by atoms with Crippen LogP contribution in [0.5, 0.6) is 0 Å². The van der Waals surface area contributed by atoms with E-state index in [1.165, 1.54) is 70.6 Å². The zero-order valence-corrected chi connectivity index (χ0v) is 12.8. The SMILES string of the molecule is CC(C)CCCCCCCCCCCCC[NH2+][O-]. The van der Waals surface area contributed by atoms with Crippen LogP contribution in [0.1, 0.15) is 90.9 Å². The minimum Gasteiger partial charge on any atom is -0.636 e. The molecule has 2 nitrogen and oxygen atoms in total. The van der Waals surface area contributed by atoms with Crippen LogP contribution in [0.2, 0.25) is 0 Å². The second kappa shape index (κ2) is 15.0. The molecule has 0 aliphatic rings. The Morgan fingerprint density at radius 2 is 1.06 bits per heavy atom. The van der Waals surface area contributed by atoms with Crippen molar-refractivity contribution in [1.29, 1.82) is 0 Å². The molecular formula is C16H35NO. The lowest BCUT2D eigenvalue weighted by atomic mass is 10.0. The molecule has 0 spiro atoms. The predicted molar refractivity (Wildman–Crippen MR) is 80.4 cm³/mol. The van der Waals surface area contributed by atoms with Gasteiger partial charge in [-0.1, -0.05) is 78.1 Å². The number of quaternary nitrogens is 1. The van der Waals surface area contributed by atoms with Gasteiger partial charge in [0.05, 0.1) is 6.54 Å². The smallest absolute Gasteiger partial charge is 0.0752 e. The summed E-state index contributed by atoms with van der Waals surface area (Å²) in [5.74, 6) is 0.879. The largest absolute Gasteiger partial charge is 0.636 e. The first kappa shape index (κ1) is 17.9. The van der Waals surface area contributed by atoms with Gasteiger partial charge in [-0.3, -0.25) is 0 Å². The molecular weight excluding hydrogens is 222 g/mol. The second-order valence-electron chi connectivity index (χ2n) is 6.03. The molecule has 0 aliphatic heterocycles. The van der Waals surface area contributed by atoms with Crippen LogP contribution < -0.4 is 5.48 Å². The van der Waals surface area contributed by atoms with E-state index in [1.807, 2.05) is 0 Å². The molecule has 110 valence electrons. The molecule has 0 aliphatic carbocycles. The van der Waals surface area contributed by atoms with Gasteiger partial charge in [0, 0.05) is 0 Å². The number of nitrogens with two attached hydrogens (primary N) is 1. The fourth-order valence-corrected chi connectivity index (χ4v) is 2.37. The molecule has 0 radical (unpaired) electrons. The lowest BCUT2D eigenvalue weighted by molar-refractivity contribution is -0.589. The van der Waals surface area contributed by atoms with E-state index < -0.39 is 0 Å². The van der Waals surface area contributed by atoms with Gasteiger partial charge in [-0.25, -0.2) is 0 Å². The minimum absolute atomic E-state index is 0.760. The van der Waals surface area contributed by atoms with Crippen molar-refractivity contribution in [2.24, 2.45) is 5.92 Å². The standard InChI is InChI=1S/C16H35NO/c1-16(2)14-12-10-8-6-4-3-5-7-9-11-13-15-17-18/h16H,3-15,17H2,1-2H3. The summed E-state index contributed by atoms with van der Waals surface area (Å²) in [7, 11) is 0. The molecule has 0 aromatic heterocycles. The van der Waals surface area contributed by atoms with Crippen LogP contribution in [0, 0.1) is 11.1 Å². The highest BCUT2D eigenvalue weighted by Crippen LogP contribution is 2.13. The third-order valence-electron chi connectivity index (χ3n) is 3.60. The molecule has 0 aromatic carbocycles. The van der Waals surface area contributed by atoms with Crippen LogP contribution in [0.15, 0.2) is 0 Å². The van der Waals surface area contributed by atoms with Gasteiger partial charge in [-0.2, -0.15) is 0 Å². The first-order valence-corrected chi connectivity index (χ1v) is 8.21. The molecule has 0 unspecified atom stereocenters. The molecule has 0 rings (SSSR count). The van der Waals surface area contributed by atoms with Crippen LogP contribution >= 0.6 is 0 Å². The van der Waals surface area contributed by atoms with Crippen LogP contribution in [0.25, 0.3) is 0 Å². The van der Waals surface area contributed by atoms with Crippen molar-refractivity contribution >= 4 is 0 Å². The molecule has 2 N–H and O–H groups in total. The molecule has 0 heterocycles. The van der Waals surface area contributed by atoms with Crippen LogP contribution in [0.4, 0.5) is 0 Å². The van der Waals surface area contributed by atoms with Crippen molar-refractivity contribution in [1.82, 2.24) is 0 Å². The Balaban J connectivity index is 2.90. The highest BCUT2D eigenvalue weighted by atomic mass is 16.5. The average molecular weight is 257 g/mol. The van der Waals surface area contributed by atoms with Crippen LogP contribution in [-0.4, -0.2) is 6.54 Å².